The maximum absolute atomic E-state index is 10.1. The van der Waals surface area contributed by atoms with E-state index in [1.165, 1.54) is 50.5 Å². The molecule has 3 heteroatoms. The van der Waals surface area contributed by atoms with Crippen molar-refractivity contribution in [1.29, 1.82) is 0 Å². The lowest BCUT2D eigenvalue weighted by atomic mass is 9.45. The summed E-state index contributed by atoms with van der Waals surface area (Å²) in [4.78, 5) is 0. The molecule has 2 N–H and O–H groups in total. The molecule has 4 aliphatic carbocycles. The molecule has 4 fully saturated rings. The van der Waals surface area contributed by atoms with E-state index in [0.29, 0.717) is 10.8 Å². The summed E-state index contributed by atoms with van der Waals surface area (Å²) in [5.41, 5.74) is 2.28. The van der Waals surface area contributed by atoms with Crippen LogP contribution in [0.3, 0.4) is 0 Å². The van der Waals surface area contributed by atoms with Crippen LogP contribution in [0.1, 0.15) is 71.6 Å². The van der Waals surface area contributed by atoms with Gasteiger partial charge in [0, 0.05) is 4.48 Å². The Morgan fingerprint density at radius 2 is 1.88 bits per heavy atom. The standard InChI is InChI=1S/C21H33BrO2/c1-20-9-7-14(24)11-13(20)3-4-15-16-5-6-18(19(22)12-23)21(16,2)10-8-17(15)20/h13-17,23-24H,3-12H2,1-2H3. The summed E-state index contributed by atoms with van der Waals surface area (Å²) in [7, 11) is 0. The number of aliphatic hydroxyl groups excluding tert-OH is 2. The van der Waals surface area contributed by atoms with E-state index in [9.17, 15) is 10.2 Å². The summed E-state index contributed by atoms with van der Waals surface area (Å²) in [6.07, 6.45) is 11.0. The van der Waals surface area contributed by atoms with Gasteiger partial charge in [0.25, 0.3) is 0 Å². The third-order valence-electron chi connectivity index (χ3n) is 8.89. The van der Waals surface area contributed by atoms with Crippen LogP contribution < -0.4 is 0 Å². The smallest absolute Gasteiger partial charge is 0.0746 e. The highest BCUT2D eigenvalue weighted by Gasteiger charge is 2.59. The van der Waals surface area contributed by atoms with E-state index < -0.39 is 0 Å². The highest BCUT2D eigenvalue weighted by Crippen LogP contribution is 2.67. The van der Waals surface area contributed by atoms with Gasteiger partial charge in [-0.05, 0) is 92.3 Å². The van der Waals surface area contributed by atoms with E-state index in [1.54, 1.807) is 0 Å². The molecule has 136 valence electrons. The first-order valence-electron chi connectivity index (χ1n) is 10.1. The molecular formula is C21H33BrO2. The first-order valence-corrected chi connectivity index (χ1v) is 10.9. The predicted octanol–water partition coefficient (Wildman–Crippen LogP) is 5.03. The van der Waals surface area contributed by atoms with Gasteiger partial charge in [0.1, 0.15) is 0 Å². The predicted molar refractivity (Wildman–Crippen MR) is 101 cm³/mol. The zero-order valence-electron chi connectivity index (χ0n) is 15.2. The Morgan fingerprint density at radius 3 is 2.62 bits per heavy atom. The average Bonchev–Trinajstić information content (AvgIpc) is 2.92. The molecule has 0 heterocycles. The van der Waals surface area contributed by atoms with Crippen LogP contribution in [0.15, 0.2) is 10.1 Å². The van der Waals surface area contributed by atoms with Gasteiger partial charge in [0.2, 0.25) is 0 Å². The van der Waals surface area contributed by atoms with Crippen molar-refractivity contribution in [2.24, 2.45) is 34.5 Å². The molecule has 0 aromatic carbocycles. The van der Waals surface area contributed by atoms with Gasteiger partial charge in [-0.3, -0.25) is 0 Å². The molecule has 0 spiro atoms. The summed E-state index contributed by atoms with van der Waals surface area (Å²) in [6, 6.07) is 0. The molecule has 4 aliphatic rings. The quantitative estimate of drug-likeness (QED) is 0.652. The van der Waals surface area contributed by atoms with E-state index in [0.717, 1.165) is 41.0 Å². The Kier molecular flexibility index (Phi) is 4.46. The molecule has 4 saturated carbocycles. The van der Waals surface area contributed by atoms with Gasteiger partial charge in [0.05, 0.1) is 12.7 Å². The number of allylic oxidation sites excluding steroid dienone is 1. The maximum Gasteiger partial charge on any atom is 0.0746 e. The Morgan fingerprint density at radius 1 is 1.08 bits per heavy atom. The summed E-state index contributed by atoms with van der Waals surface area (Å²) in [5.74, 6) is 3.26. The topological polar surface area (TPSA) is 40.5 Å². The summed E-state index contributed by atoms with van der Waals surface area (Å²) >= 11 is 3.66. The highest BCUT2D eigenvalue weighted by atomic mass is 79.9. The van der Waals surface area contributed by atoms with E-state index >= 15 is 0 Å². The fourth-order valence-corrected chi connectivity index (χ4v) is 8.24. The molecule has 0 aromatic rings. The minimum Gasteiger partial charge on any atom is -0.393 e. The van der Waals surface area contributed by atoms with Gasteiger partial charge in [-0.25, -0.2) is 0 Å². The van der Waals surface area contributed by atoms with Crippen LogP contribution in [0.25, 0.3) is 0 Å². The molecular weight excluding hydrogens is 364 g/mol. The first kappa shape index (κ1) is 17.5. The average molecular weight is 397 g/mol. The van der Waals surface area contributed by atoms with Crippen LogP contribution in [0.5, 0.6) is 0 Å². The van der Waals surface area contributed by atoms with Crippen molar-refractivity contribution in [3.63, 3.8) is 0 Å². The second-order valence-electron chi connectivity index (χ2n) is 9.62. The lowest BCUT2D eigenvalue weighted by molar-refractivity contribution is -0.116. The van der Waals surface area contributed by atoms with Crippen molar-refractivity contribution >= 4 is 15.9 Å². The zero-order valence-corrected chi connectivity index (χ0v) is 16.8. The van der Waals surface area contributed by atoms with Crippen molar-refractivity contribution in [2.45, 2.75) is 77.7 Å². The van der Waals surface area contributed by atoms with E-state index in [-0.39, 0.29) is 12.7 Å². The van der Waals surface area contributed by atoms with Crippen molar-refractivity contribution in [3.8, 4) is 0 Å². The zero-order chi connectivity index (χ0) is 17.1. The number of hydrogen-bond donors (Lipinski definition) is 2. The van der Waals surface area contributed by atoms with Crippen molar-refractivity contribution in [1.82, 2.24) is 0 Å². The van der Waals surface area contributed by atoms with E-state index in [1.807, 2.05) is 0 Å². The van der Waals surface area contributed by atoms with Crippen LogP contribution in [0, 0.1) is 34.5 Å². The van der Waals surface area contributed by atoms with Crippen molar-refractivity contribution in [3.05, 3.63) is 10.1 Å². The van der Waals surface area contributed by atoms with Gasteiger partial charge in [-0.2, -0.15) is 0 Å². The molecule has 0 aromatic heterocycles. The molecule has 0 bridgehead atoms. The van der Waals surface area contributed by atoms with Gasteiger partial charge in [-0.15, -0.1) is 0 Å². The molecule has 0 saturated heterocycles. The molecule has 0 aliphatic heterocycles. The minimum atomic E-state index is -0.0463. The van der Waals surface area contributed by atoms with Gasteiger partial charge in [0.15, 0.2) is 0 Å². The van der Waals surface area contributed by atoms with Gasteiger partial charge in [-0.1, -0.05) is 35.4 Å². The molecule has 4 rings (SSSR count). The lowest BCUT2D eigenvalue weighted by Crippen LogP contribution is -2.53. The Labute approximate surface area is 155 Å². The molecule has 2 nitrogen and oxygen atoms in total. The Hall–Kier alpha value is 0.140. The van der Waals surface area contributed by atoms with Crippen LogP contribution in [0.4, 0.5) is 0 Å². The molecule has 7 atom stereocenters. The SMILES string of the molecule is CC12CCC3C(CCC4CC(O)CCC43C)C1CCC2=C(Br)CO. The normalized spacial score (nSPS) is 53.1. The monoisotopic (exact) mass is 396 g/mol. The number of fused-ring (bicyclic) bond motifs is 5. The number of hydrogen-bond acceptors (Lipinski definition) is 2. The molecule has 7 unspecified atom stereocenters. The lowest BCUT2D eigenvalue weighted by Gasteiger charge is -2.60. The third kappa shape index (κ3) is 2.41. The van der Waals surface area contributed by atoms with Crippen LogP contribution in [-0.2, 0) is 0 Å². The highest BCUT2D eigenvalue weighted by molar-refractivity contribution is 9.11. The summed E-state index contributed by atoms with van der Waals surface area (Å²) in [6.45, 7) is 5.19. The van der Waals surface area contributed by atoms with Crippen LogP contribution >= 0.6 is 15.9 Å². The second-order valence-corrected chi connectivity index (χ2v) is 10.6. The Balaban J connectivity index is 1.63. The minimum absolute atomic E-state index is 0.0463. The fourth-order valence-electron chi connectivity index (χ4n) is 7.59. The second kappa shape index (κ2) is 6.09. The van der Waals surface area contributed by atoms with Crippen LogP contribution in [-0.4, -0.2) is 22.9 Å². The number of rotatable bonds is 1. The molecule has 24 heavy (non-hydrogen) atoms. The number of aliphatic hydroxyl groups is 2. The molecule has 0 amide bonds. The summed E-state index contributed by atoms with van der Waals surface area (Å²) < 4.78 is 1.06. The third-order valence-corrected chi connectivity index (χ3v) is 9.62. The van der Waals surface area contributed by atoms with Gasteiger partial charge < -0.3 is 10.2 Å². The number of halogens is 1. The largest absolute Gasteiger partial charge is 0.393 e. The van der Waals surface area contributed by atoms with E-state index in [2.05, 4.69) is 29.8 Å². The van der Waals surface area contributed by atoms with Crippen LogP contribution in [0.2, 0.25) is 0 Å². The van der Waals surface area contributed by atoms with Gasteiger partial charge >= 0.3 is 0 Å². The van der Waals surface area contributed by atoms with Crippen molar-refractivity contribution < 1.29 is 10.2 Å². The summed E-state index contributed by atoms with van der Waals surface area (Å²) in [5, 5.41) is 19.8. The Bertz CT molecular complexity index is 544. The maximum atomic E-state index is 10.1. The van der Waals surface area contributed by atoms with Crippen molar-refractivity contribution in [2.75, 3.05) is 6.61 Å². The fraction of sp³-hybridized carbons (Fsp3) is 0.905. The molecule has 0 radical (unpaired) electrons. The van der Waals surface area contributed by atoms with E-state index in [4.69, 9.17) is 0 Å². The first-order chi connectivity index (χ1) is 11.4.